The van der Waals surface area contributed by atoms with Crippen molar-refractivity contribution in [3.63, 3.8) is 0 Å². The first-order valence-electron chi connectivity index (χ1n) is 7.94. The SMILES string of the molecule is CC(C)Oc1ccc(C(=O)NCCNc2ccc(C(F)(F)F)cn2)cn1. The second-order valence-electron chi connectivity index (χ2n) is 5.66. The highest BCUT2D eigenvalue weighted by Crippen LogP contribution is 2.28. The number of rotatable bonds is 7. The average Bonchev–Trinajstić information content (AvgIpc) is 2.58. The Morgan fingerprint density at radius 1 is 1.12 bits per heavy atom. The molecule has 2 rings (SSSR count). The fourth-order valence-corrected chi connectivity index (χ4v) is 1.96. The molecule has 0 radical (unpaired) electrons. The lowest BCUT2D eigenvalue weighted by molar-refractivity contribution is -0.137. The van der Waals surface area contributed by atoms with Crippen molar-refractivity contribution < 1.29 is 22.7 Å². The maximum absolute atomic E-state index is 12.4. The van der Waals surface area contributed by atoms with E-state index in [1.54, 1.807) is 12.1 Å². The summed E-state index contributed by atoms with van der Waals surface area (Å²) in [6.07, 6.45) is -2.25. The monoisotopic (exact) mass is 368 g/mol. The van der Waals surface area contributed by atoms with Gasteiger partial charge in [0.1, 0.15) is 5.82 Å². The summed E-state index contributed by atoms with van der Waals surface area (Å²) in [5.41, 5.74) is -0.428. The smallest absolute Gasteiger partial charge is 0.417 e. The Labute approximate surface area is 148 Å². The lowest BCUT2D eigenvalue weighted by atomic mass is 10.2. The van der Waals surface area contributed by atoms with Crippen LogP contribution in [0.15, 0.2) is 36.7 Å². The molecule has 2 N–H and O–H groups in total. The van der Waals surface area contributed by atoms with Gasteiger partial charge in [-0.05, 0) is 32.0 Å². The molecule has 0 saturated carbocycles. The number of nitrogens with zero attached hydrogens (tertiary/aromatic N) is 2. The van der Waals surface area contributed by atoms with Crippen LogP contribution in [0.25, 0.3) is 0 Å². The minimum absolute atomic E-state index is 0.00735. The zero-order valence-corrected chi connectivity index (χ0v) is 14.3. The van der Waals surface area contributed by atoms with Crippen LogP contribution in [-0.2, 0) is 6.18 Å². The molecule has 0 aliphatic rings. The van der Waals surface area contributed by atoms with Gasteiger partial charge in [-0.2, -0.15) is 13.2 Å². The molecule has 1 amide bonds. The number of alkyl halides is 3. The van der Waals surface area contributed by atoms with Crippen molar-refractivity contribution in [1.82, 2.24) is 15.3 Å². The number of carbonyl (C=O) groups is 1. The summed E-state index contributed by atoms with van der Waals surface area (Å²) in [5.74, 6) is 0.423. The van der Waals surface area contributed by atoms with Crippen molar-refractivity contribution in [3.05, 3.63) is 47.8 Å². The molecule has 0 saturated heterocycles. The van der Waals surface area contributed by atoms with E-state index in [1.165, 1.54) is 12.3 Å². The van der Waals surface area contributed by atoms with Crippen molar-refractivity contribution >= 4 is 11.7 Å². The summed E-state index contributed by atoms with van der Waals surface area (Å²) in [7, 11) is 0. The summed E-state index contributed by atoms with van der Waals surface area (Å²) < 4.78 is 42.7. The zero-order valence-electron chi connectivity index (χ0n) is 14.3. The Morgan fingerprint density at radius 3 is 2.42 bits per heavy atom. The Bertz CT molecular complexity index is 716. The van der Waals surface area contributed by atoms with Crippen molar-refractivity contribution in [2.45, 2.75) is 26.1 Å². The van der Waals surface area contributed by atoms with Crippen molar-refractivity contribution in [2.24, 2.45) is 0 Å². The largest absolute Gasteiger partial charge is 0.475 e. The number of halogens is 3. The molecule has 0 aromatic carbocycles. The summed E-state index contributed by atoms with van der Waals surface area (Å²) >= 11 is 0. The van der Waals surface area contributed by atoms with E-state index >= 15 is 0 Å². The van der Waals surface area contributed by atoms with Crippen molar-refractivity contribution in [3.8, 4) is 5.88 Å². The topological polar surface area (TPSA) is 76.1 Å². The molecule has 0 fully saturated rings. The van der Waals surface area contributed by atoms with Gasteiger partial charge in [0.25, 0.3) is 5.91 Å². The normalized spacial score (nSPS) is 11.3. The standard InChI is InChI=1S/C17H19F3N4O2/c1-11(2)26-15-6-3-12(9-24-15)16(25)22-8-7-21-14-5-4-13(10-23-14)17(18,19)20/h3-6,9-11H,7-8H2,1-2H3,(H,21,23)(H,22,25). The maximum Gasteiger partial charge on any atom is 0.417 e. The molecule has 0 bridgehead atoms. The van der Waals surface area contributed by atoms with Gasteiger partial charge in [0.05, 0.1) is 17.2 Å². The van der Waals surface area contributed by atoms with Gasteiger partial charge in [-0.15, -0.1) is 0 Å². The number of anilines is 1. The van der Waals surface area contributed by atoms with Crippen LogP contribution in [0.1, 0.15) is 29.8 Å². The van der Waals surface area contributed by atoms with Crippen LogP contribution in [0.3, 0.4) is 0 Å². The lowest BCUT2D eigenvalue weighted by Crippen LogP contribution is -2.29. The maximum atomic E-state index is 12.4. The molecule has 9 heteroatoms. The van der Waals surface area contributed by atoms with Gasteiger partial charge >= 0.3 is 6.18 Å². The second-order valence-corrected chi connectivity index (χ2v) is 5.66. The molecular formula is C17H19F3N4O2. The molecule has 2 aromatic heterocycles. The predicted octanol–water partition coefficient (Wildman–Crippen LogP) is 3.12. The van der Waals surface area contributed by atoms with E-state index in [0.29, 0.717) is 23.8 Å². The van der Waals surface area contributed by atoms with E-state index in [4.69, 9.17) is 4.74 Å². The van der Waals surface area contributed by atoms with Crippen LogP contribution >= 0.6 is 0 Å². The molecule has 0 spiro atoms. The second kappa shape index (κ2) is 8.50. The van der Waals surface area contributed by atoms with E-state index < -0.39 is 11.7 Å². The number of hydrogen-bond donors (Lipinski definition) is 2. The highest BCUT2D eigenvalue weighted by Gasteiger charge is 2.30. The van der Waals surface area contributed by atoms with Crippen LogP contribution in [0, 0.1) is 0 Å². The number of amides is 1. The third-order valence-electron chi connectivity index (χ3n) is 3.16. The van der Waals surface area contributed by atoms with E-state index in [-0.39, 0.29) is 18.6 Å². The predicted molar refractivity (Wildman–Crippen MR) is 90.1 cm³/mol. The summed E-state index contributed by atoms with van der Waals surface area (Å²) in [5, 5.41) is 5.51. The summed E-state index contributed by atoms with van der Waals surface area (Å²) in [6, 6.07) is 5.40. The van der Waals surface area contributed by atoms with E-state index in [1.807, 2.05) is 13.8 Å². The summed E-state index contributed by atoms with van der Waals surface area (Å²) in [4.78, 5) is 19.7. The molecule has 26 heavy (non-hydrogen) atoms. The van der Waals surface area contributed by atoms with Gasteiger partial charge in [-0.3, -0.25) is 4.79 Å². The average molecular weight is 368 g/mol. The minimum atomic E-state index is -4.41. The Kier molecular flexibility index (Phi) is 6.37. The first kappa shape index (κ1) is 19.5. The summed E-state index contributed by atoms with van der Waals surface area (Å²) in [6.45, 7) is 4.33. The highest BCUT2D eigenvalue weighted by molar-refractivity contribution is 5.93. The number of aromatic nitrogens is 2. The van der Waals surface area contributed by atoms with Gasteiger partial charge in [0, 0.05) is 31.5 Å². The van der Waals surface area contributed by atoms with Crippen LogP contribution in [0.5, 0.6) is 5.88 Å². The van der Waals surface area contributed by atoms with Crippen LogP contribution in [-0.4, -0.2) is 35.1 Å². The first-order chi connectivity index (χ1) is 12.3. The third-order valence-corrected chi connectivity index (χ3v) is 3.16. The molecule has 6 nitrogen and oxygen atoms in total. The van der Waals surface area contributed by atoms with Crippen molar-refractivity contribution in [2.75, 3.05) is 18.4 Å². The van der Waals surface area contributed by atoms with Gasteiger partial charge in [-0.25, -0.2) is 9.97 Å². The third kappa shape index (κ3) is 5.91. The molecule has 2 heterocycles. The molecule has 0 aliphatic heterocycles. The Morgan fingerprint density at radius 2 is 1.88 bits per heavy atom. The Balaban J connectivity index is 1.76. The first-order valence-corrected chi connectivity index (χ1v) is 7.94. The van der Waals surface area contributed by atoms with Crippen molar-refractivity contribution in [1.29, 1.82) is 0 Å². The number of hydrogen-bond acceptors (Lipinski definition) is 5. The molecule has 0 aliphatic carbocycles. The molecule has 2 aromatic rings. The molecule has 0 atom stereocenters. The quantitative estimate of drug-likeness (QED) is 0.735. The van der Waals surface area contributed by atoms with Gasteiger partial charge in [-0.1, -0.05) is 0 Å². The van der Waals surface area contributed by atoms with E-state index in [2.05, 4.69) is 20.6 Å². The van der Waals surface area contributed by atoms with Crippen LogP contribution in [0.4, 0.5) is 19.0 Å². The van der Waals surface area contributed by atoms with E-state index in [9.17, 15) is 18.0 Å². The van der Waals surface area contributed by atoms with Gasteiger partial charge < -0.3 is 15.4 Å². The Hall–Kier alpha value is -2.84. The molecular weight excluding hydrogens is 349 g/mol. The molecule has 140 valence electrons. The van der Waals surface area contributed by atoms with Gasteiger partial charge in [0.2, 0.25) is 5.88 Å². The number of carbonyl (C=O) groups excluding carboxylic acids is 1. The highest BCUT2D eigenvalue weighted by atomic mass is 19.4. The molecule has 0 unspecified atom stereocenters. The zero-order chi connectivity index (χ0) is 19.2. The number of nitrogens with one attached hydrogen (secondary N) is 2. The van der Waals surface area contributed by atoms with Gasteiger partial charge in [0.15, 0.2) is 0 Å². The minimum Gasteiger partial charge on any atom is -0.475 e. The van der Waals surface area contributed by atoms with Crippen LogP contribution in [0.2, 0.25) is 0 Å². The van der Waals surface area contributed by atoms with E-state index in [0.717, 1.165) is 12.3 Å². The van der Waals surface area contributed by atoms with Crippen LogP contribution < -0.4 is 15.4 Å². The number of ether oxygens (including phenoxy) is 1. The fraction of sp³-hybridized carbons (Fsp3) is 0.353. The fourth-order valence-electron chi connectivity index (χ4n) is 1.96. The lowest BCUT2D eigenvalue weighted by Gasteiger charge is -2.10. The number of pyridine rings is 2.